The first kappa shape index (κ1) is 15.8. The summed E-state index contributed by atoms with van der Waals surface area (Å²) in [5.74, 6) is -4.67. The van der Waals surface area contributed by atoms with Gasteiger partial charge in [0.05, 0.1) is 5.92 Å². The second-order valence-corrected chi connectivity index (χ2v) is 4.79. The van der Waals surface area contributed by atoms with Crippen molar-refractivity contribution in [3.8, 4) is 0 Å². The molecule has 0 heterocycles. The first-order valence-electron chi connectivity index (χ1n) is 6.34. The minimum absolute atomic E-state index is 0.0511. The number of carboxylic acid groups (broad SMARTS) is 1. The highest BCUT2D eigenvalue weighted by molar-refractivity contribution is 5.83. The van der Waals surface area contributed by atoms with Crippen molar-refractivity contribution < 1.29 is 27.9 Å². The maximum Gasteiger partial charge on any atom is 0.392 e. The number of nitrogens with zero attached hydrogens (tertiary/aromatic N) is 1. The Kier molecular flexibility index (Phi) is 5.20. The van der Waals surface area contributed by atoms with Crippen molar-refractivity contribution >= 4 is 11.9 Å². The monoisotopic (exact) mass is 281 g/mol. The Morgan fingerprint density at radius 1 is 1.26 bits per heavy atom. The summed E-state index contributed by atoms with van der Waals surface area (Å²) in [6, 6.07) is 0. The molecule has 0 bridgehead atoms. The predicted octanol–water partition coefficient (Wildman–Crippen LogP) is 2.29. The van der Waals surface area contributed by atoms with E-state index in [0.29, 0.717) is 12.8 Å². The fourth-order valence-electron chi connectivity index (χ4n) is 2.56. The van der Waals surface area contributed by atoms with Crippen LogP contribution in [0.5, 0.6) is 0 Å². The molecular formula is C12H18F3NO3. The summed E-state index contributed by atoms with van der Waals surface area (Å²) in [4.78, 5) is 23.7. The molecule has 0 spiro atoms. The highest BCUT2D eigenvalue weighted by Gasteiger charge is 2.48. The minimum atomic E-state index is -4.40. The summed E-state index contributed by atoms with van der Waals surface area (Å²) < 4.78 is 38.7. The molecule has 0 radical (unpaired) electrons. The van der Waals surface area contributed by atoms with E-state index in [1.807, 2.05) is 0 Å². The average Bonchev–Trinajstić information content (AvgIpc) is 2.34. The Labute approximate surface area is 109 Å². The fourth-order valence-corrected chi connectivity index (χ4v) is 2.56. The van der Waals surface area contributed by atoms with Gasteiger partial charge in [-0.15, -0.1) is 0 Å². The fraction of sp³-hybridized carbons (Fsp3) is 0.833. The number of carbonyl (C=O) groups excluding carboxylic acids is 1. The third-order valence-electron chi connectivity index (χ3n) is 3.52. The molecule has 1 amide bonds. The Bertz CT molecular complexity index is 344. The second-order valence-electron chi connectivity index (χ2n) is 4.79. The molecule has 0 aromatic rings. The number of carbonyl (C=O) groups is 2. The van der Waals surface area contributed by atoms with E-state index in [0.717, 1.165) is 4.90 Å². The Morgan fingerprint density at radius 3 is 2.32 bits per heavy atom. The Balaban J connectivity index is 2.84. The zero-order valence-corrected chi connectivity index (χ0v) is 10.7. The SMILES string of the molecule is CCN(CC(=O)O)C(=O)C1CCCCC1C(F)(F)F. The normalized spacial score (nSPS) is 24.0. The summed E-state index contributed by atoms with van der Waals surface area (Å²) in [5.41, 5.74) is 0. The van der Waals surface area contributed by atoms with Crippen molar-refractivity contribution in [1.82, 2.24) is 4.90 Å². The molecule has 2 atom stereocenters. The molecule has 2 unspecified atom stereocenters. The van der Waals surface area contributed by atoms with Gasteiger partial charge in [-0.25, -0.2) is 0 Å². The number of carboxylic acids is 1. The van der Waals surface area contributed by atoms with E-state index in [1.165, 1.54) is 0 Å². The van der Waals surface area contributed by atoms with Gasteiger partial charge in [-0.05, 0) is 19.8 Å². The van der Waals surface area contributed by atoms with Crippen LogP contribution >= 0.6 is 0 Å². The number of alkyl halides is 3. The summed E-state index contributed by atoms with van der Waals surface area (Å²) in [7, 11) is 0. The van der Waals surface area contributed by atoms with E-state index in [2.05, 4.69) is 0 Å². The van der Waals surface area contributed by atoms with E-state index < -0.39 is 36.4 Å². The number of halogens is 3. The van der Waals surface area contributed by atoms with Crippen molar-refractivity contribution in [2.75, 3.05) is 13.1 Å². The Hall–Kier alpha value is -1.27. The molecule has 1 aliphatic rings. The van der Waals surface area contributed by atoms with E-state index in [4.69, 9.17) is 5.11 Å². The van der Waals surface area contributed by atoms with E-state index in [9.17, 15) is 22.8 Å². The van der Waals surface area contributed by atoms with Crippen LogP contribution < -0.4 is 0 Å². The van der Waals surface area contributed by atoms with E-state index in [-0.39, 0.29) is 19.4 Å². The topological polar surface area (TPSA) is 57.6 Å². The number of rotatable bonds is 4. The molecule has 1 rings (SSSR count). The third kappa shape index (κ3) is 4.11. The average molecular weight is 281 g/mol. The Morgan fingerprint density at radius 2 is 1.84 bits per heavy atom. The van der Waals surface area contributed by atoms with Gasteiger partial charge < -0.3 is 10.0 Å². The maximum atomic E-state index is 12.9. The largest absolute Gasteiger partial charge is 0.480 e. The molecule has 0 aliphatic heterocycles. The van der Waals surface area contributed by atoms with Gasteiger partial charge >= 0.3 is 12.1 Å². The van der Waals surface area contributed by atoms with Gasteiger partial charge in [0.15, 0.2) is 0 Å². The molecule has 0 aromatic heterocycles. The smallest absolute Gasteiger partial charge is 0.392 e. The van der Waals surface area contributed by atoms with Gasteiger partial charge in [0, 0.05) is 12.5 Å². The van der Waals surface area contributed by atoms with Gasteiger partial charge in [0.1, 0.15) is 6.54 Å². The molecule has 19 heavy (non-hydrogen) atoms. The van der Waals surface area contributed by atoms with Crippen LogP contribution in [0.3, 0.4) is 0 Å². The van der Waals surface area contributed by atoms with Crippen LogP contribution in [0, 0.1) is 11.8 Å². The summed E-state index contributed by atoms with van der Waals surface area (Å²) in [6.45, 7) is 1.12. The summed E-state index contributed by atoms with van der Waals surface area (Å²) in [6.07, 6.45) is -3.24. The predicted molar refractivity (Wildman–Crippen MR) is 61.4 cm³/mol. The highest BCUT2D eigenvalue weighted by atomic mass is 19.4. The number of hydrogen-bond acceptors (Lipinski definition) is 2. The minimum Gasteiger partial charge on any atom is -0.480 e. The van der Waals surface area contributed by atoms with Gasteiger partial charge in [-0.1, -0.05) is 12.8 Å². The highest BCUT2D eigenvalue weighted by Crippen LogP contribution is 2.42. The molecule has 1 fully saturated rings. The molecule has 1 saturated carbocycles. The van der Waals surface area contributed by atoms with Gasteiger partial charge in [-0.2, -0.15) is 13.2 Å². The number of amides is 1. The lowest BCUT2D eigenvalue weighted by Gasteiger charge is -2.34. The lowest BCUT2D eigenvalue weighted by atomic mass is 9.78. The second kappa shape index (κ2) is 6.25. The first-order chi connectivity index (χ1) is 8.77. The number of aliphatic carboxylic acids is 1. The van der Waals surface area contributed by atoms with Gasteiger partial charge in [-0.3, -0.25) is 9.59 Å². The molecular weight excluding hydrogens is 263 g/mol. The van der Waals surface area contributed by atoms with E-state index in [1.54, 1.807) is 6.92 Å². The van der Waals surface area contributed by atoms with Crippen molar-refractivity contribution in [3.63, 3.8) is 0 Å². The standard InChI is InChI=1S/C12H18F3NO3/c1-2-16(7-10(17)18)11(19)8-5-3-4-6-9(8)12(13,14)15/h8-9H,2-7H2,1H3,(H,17,18). The van der Waals surface area contributed by atoms with Gasteiger partial charge in [0.25, 0.3) is 0 Å². The quantitative estimate of drug-likeness (QED) is 0.860. The van der Waals surface area contributed by atoms with Crippen LogP contribution in [0.4, 0.5) is 13.2 Å². The zero-order valence-electron chi connectivity index (χ0n) is 10.7. The molecule has 0 aromatic carbocycles. The van der Waals surface area contributed by atoms with Crippen LogP contribution in [0.1, 0.15) is 32.6 Å². The van der Waals surface area contributed by atoms with Crippen LogP contribution in [-0.2, 0) is 9.59 Å². The molecule has 1 N–H and O–H groups in total. The third-order valence-corrected chi connectivity index (χ3v) is 3.52. The lowest BCUT2D eigenvalue weighted by Crippen LogP contribution is -2.46. The maximum absolute atomic E-state index is 12.9. The first-order valence-corrected chi connectivity index (χ1v) is 6.34. The van der Waals surface area contributed by atoms with Gasteiger partial charge in [0.2, 0.25) is 5.91 Å². The molecule has 1 aliphatic carbocycles. The molecule has 110 valence electrons. The number of likely N-dealkylation sites (N-methyl/N-ethyl adjacent to an activating group) is 1. The molecule has 0 saturated heterocycles. The van der Waals surface area contributed by atoms with Crippen LogP contribution in [0.15, 0.2) is 0 Å². The van der Waals surface area contributed by atoms with E-state index >= 15 is 0 Å². The molecule has 7 heteroatoms. The lowest BCUT2D eigenvalue weighted by molar-refractivity contribution is -0.201. The number of hydrogen-bond donors (Lipinski definition) is 1. The van der Waals surface area contributed by atoms with Crippen molar-refractivity contribution in [2.45, 2.75) is 38.8 Å². The zero-order chi connectivity index (χ0) is 14.6. The van der Waals surface area contributed by atoms with Crippen LogP contribution in [-0.4, -0.2) is 41.1 Å². The molecule has 4 nitrogen and oxygen atoms in total. The van der Waals surface area contributed by atoms with Crippen molar-refractivity contribution in [1.29, 1.82) is 0 Å². The van der Waals surface area contributed by atoms with Crippen LogP contribution in [0.2, 0.25) is 0 Å². The summed E-state index contributed by atoms with van der Waals surface area (Å²) >= 11 is 0. The summed E-state index contributed by atoms with van der Waals surface area (Å²) in [5, 5.41) is 8.67. The van der Waals surface area contributed by atoms with Crippen molar-refractivity contribution in [2.24, 2.45) is 11.8 Å². The van der Waals surface area contributed by atoms with Crippen molar-refractivity contribution in [3.05, 3.63) is 0 Å². The van der Waals surface area contributed by atoms with Crippen LogP contribution in [0.25, 0.3) is 0 Å².